The van der Waals surface area contributed by atoms with Crippen LogP contribution in [0.15, 0.2) is 16.6 Å². The fraction of sp³-hybridized carbons (Fsp3) is 0.538. The lowest BCUT2D eigenvalue weighted by molar-refractivity contribution is 0.173. The molecule has 100 valence electrons. The van der Waals surface area contributed by atoms with Gasteiger partial charge in [-0.1, -0.05) is 6.92 Å². The summed E-state index contributed by atoms with van der Waals surface area (Å²) in [4.78, 5) is 0. The molecule has 2 atom stereocenters. The largest absolute Gasteiger partial charge is 0.454 e. The Morgan fingerprint density at radius 2 is 2.22 bits per heavy atom. The van der Waals surface area contributed by atoms with Crippen LogP contribution in [0.25, 0.3) is 0 Å². The molecule has 0 saturated carbocycles. The minimum absolute atomic E-state index is 0.130. The summed E-state index contributed by atoms with van der Waals surface area (Å²) < 4.78 is 11.7. The van der Waals surface area contributed by atoms with Crippen molar-refractivity contribution in [3.8, 4) is 11.5 Å². The van der Waals surface area contributed by atoms with E-state index in [1.165, 1.54) is 0 Å². The highest BCUT2D eigenvalue weighted by Crippen LogP contribution is 2.41. The average molecular weight is 315 g/mol. The Kier molecular flexibility index (Phi) is 4.48. The summed E-state index contributed by atoms with van der Waals surface area (Å²) in [6.07, 6.45) is 1.07. The molecule has 0 radical (unpaired) electrons. The molecular formula is C13H19BrN2O2. The van der Waals surface area contributed by atoms with E-state index in [2.05, 4.69) is 35.1 Å². The molecule has 1 aliphatic heterocycles. The SMILES string of the molecule is CCC(C)NC(CN)c1cc(Br)c2c(c1)OCO2. The third-order valence-electron chi connectivity index (χ3n) is 3.19. The molecule has 2 unspecified atom stereocenters. The third-order valence-corrected chi connectivity index (χ3v) is 3.77. The highest BCUT2D eigenvalue weighted by molar-refractivity contribution is 9.10. The van der Waals surface area contributed by atoms with Crippen molar-refractivity contribution in [3.05, 3.63) is 22.2 Å². The maximum absolute atomic E-state index is 5.85. The van der Waals surface area contributed by atoms with Crippen molar-refractivity contribution in [1.82, 2.24) is 5.32 Å². The number of fused-ring (bicyclic) bond motifs is 1. The van der Waals surface area contributed by atoms with Gasteiger partial charge in [0, 0.05) is 18.6 Å². The first-order chi connectivity index (χ1) is 8.65. The molecule has 1 heterocycles. The van der Waals surface area contributed by atoms with Gasteiger partial charge in [-0.05, 0) is 47.0 Å². The second-order valence-corrected chi connectivity index (χ2v) is 5.36. The zero-order valence-electron chi connectivity index (χ0n) is 10.7. The Labute approximate surface area is 116 Å². The van der Waals surface area contributed by atoms with E-state index in [4.69, 9.17) is 15.2 Å². The number of hydrogen-bond donors (Lipinski definition) is 2. The number of benzene rings is 1. The quantitative estimate of drug-likeness (QED) is 0.877. The molecule has 1 aromatic rings. The van der Waals surface area contributed by atoms with E-state index >= 15 is 0 Å². The molecule has 0 amide bonds. The molecule has 5 heteroatoms. The topological polar surface area (TPSA) is 56.5 Å². The lowest BCUT2D eigenvalue weighted by Gasteiger charge is -2.22. The minimum Gasteiger partial charge on any atom is -0.454 e. The van der Waals surface area contributed by atoms with Crippen LogP contribution in [0.3, 0.4) is 0 Å². The van der Waals surface area contributed by atoms with Gasteiger partial charge in [0.1, 0.15) is 0 Å². The van der Waals surface area contributed by atoms with Crippen LogP contribution in [0.5, 0.6) is 11.5 Å². The summed E-state index contributed by atoms with van der Waals surface area (Å²) >= 11 is 3.51. The second kappa shape index (κ2) is 5.91. The molecule has 4 nitrogen and oxygen atoms in total. The summed E-state index contributed by atoms with van der Waals surface area (Å²) in [5.41, 5.74) is 6.97. The summed E-state index contributed by atoms with van der Waals surface area (Å²) in [6, 6.07) is 4.61. The first kappa shape index (κ1) is 13.6. The summed E-state index contributed by atoms with van der Waals surface area (Å²) in [5, 5.41) is 3.51. The van der Waals surface area contributed by atoms with E-state index in [1.54, 1.807) is 0 Å². The van der Waals surface area contributed by atoms with E-state index < -0.39 is 0 Å². The Bertz CT molecular complexity index is 426. The van der Waals surface area contributed by atoms with Crippen molar-refractivity contribution >= 4 is 15.9 Å². The number of hydrogen-bond acceptors (Lipinski definition) is 4. The van der Waals surface area contributed by atoms with Crippen molar-refractivity contribution in [3.63, 3.8) is 0 Å². The maximum Gasteiger partial charge on any atom is 0.231 e. The van der Waals surface area contributed by atoms with Gasteiger partial charge in [0.05, 0.1) is 4.47 Å². The molecule has 1 aliphatic rings. The highest BCUT2D eigenvalue weighted by atomic mass is 79.9. The van der Waals surface area contributed by atoms with Crippen LogP contribution in [0.1, 0.15) is 31.9 Å². The van der Waals surface area contributed by atoms with Crippen LogP contribution in [0.4, 0.5) is 0 Å². The predicted octanol–water partition coefficient (Wildman–Crippen LogP) is 2.57. The van der Waals surface area contributed by atoms with Gasteiger partial charge in [0.15, 0.2) is 11.5 Å². The van der Waals surface area contributed by atoms with Crippen molar-refractivity contribution in [2.24, 2.45) is 5.73 Å². The lowest BCUT2D eigenvalue weighted by atomic mass is 10.0. The zero-order valence-corrected chi connectivity index (χ0v) is 12.3. The monoisotopic (exact) mass is 314 g/mol. The summed E-state index contributed by atoms with van der Waals surface area (Å²) in [6.45, 7) is 5.14. The predicted molar refractivity (Wildman–Crippen MR) is 74.9 cm³/mol. The first-order valence-corrected chi connectivity index (χ1v) is 7.00. The van der Waals surface area contributed by atoms with E-state index in [1.807, 2.05) is 12.1 Å². The molecule has 0 spiro atoms. The van der Waals surface area contributed by atoms with Crippen LogP contribution in [0.2, 0.25) is 0 Å². The van der Waals surface area contributed by atoms with E-state index in [0.29, 0.717) is 12.6 Å². The van der Waals surface area contributed by atoms with Crippen LogP contribution in [0, 0.1) is 0 Å². The van der Waals surface area contributed by atoms with Crippen LogP contribution < -0.4 is 20.5 Å². The van der Waals surface area contributed by atoms with Crippen molar-refractivity contribution < 1.29 is 9.47 Å². The van der Waals surface area contributed by atoms with Crippen LogP contribution >= 0.6 is 15.9 Å². The van der Waals surface area contributed by atoms with E-state index in [0.717, 1.165) is 28.0 Å². The number of nitrogens with two attached hydrogens (primary N) is 1. The fourth-order valence-electron chi connectivity index (χ4n) is 1.95. The normalized spacial score (nSPS) is 16.7. The van der Waals surface area contributed by atoms with Gasteiger partial charge in [-0.3, -0.25) is 0 Å². The van der Waals surface area contributed by atoms with Gasteiger partial charge < -0.3 is 20.5 Å². The molecule has 0 saturated heterocycles. The van der Waals surface area contributed by atoms with E-state index in [9.17, 15) is 0 Å². The average Bonchev–Trinajstić information content (AvgIpc) is 2.84. The molecule has 2 rings (SSSR count). The second-order valence-electron chi connectivity index (χ2n) is 4.50. The molecule has 0 aliphatic carbocycles. The van der Waals surface area contributed by atoms with Gasteiger partial charge in [-0.25, -0.2) is 0 Å². The Balaban J connectivity index is 2.23. The lowest BCUT2D eigenvalue weighted by Crippen LogP contribution is -2.34. The van der Waals surface area contributed by atoms with Gasteiger partial charge in [-0.2, -0.15) is 0 Å². The molecule has 3 N–H and O–H groups in total. The number of nitrogens with one attached hydrogen (secondary N) is 1. The molecule has 1 aromatic carbocycles. The summed E-state index contributed by atoms with van der Waals surface area (Å²) in [5.74, 6) is 1.56. The van der Waals surface area contributed by atoms with Gasteiger partial charge >= 0.3 is 0 Å². The maximum atomic E-state index is 5.85. The Morgan fingerprint density at radius 3 is 2.89 bits per heavy atom. The third kappa shape index (κ3) is 2.79. The van der Waals surface area contributed by atoms with Gasteiger partial charge in [-0.15, -0.1) is 0 Å². The molecule has 0 fully saturated rings. The van der Waals surface area contributed by atoms with Crippen LogP contribution in [-0.4, -0.2) is 19.4 Å². The van der Waals surface area contributed by atoms with Gasteiger partial charge in [0.25, 0.3) is 0 Å². The molecule has 18 heavy (non-hydrogen) atoms. The first-order valence-electron chi connectivity index (χ1n) is 6.20. The molecule has 0 bridgehead atoms. The van der Waals surface area contributed by atoms with Crippen molar-refractivity contribution in [1.29, 1.82) is 0 Å². The molecule has 0 aromatic heterocycles. The van der Waals surface area contributed by atoms with Crippen LogP contribution in [-0.2, 0) is 0 Å². The zero-order chi connectivity index (χ0) is 13.1. The summed E-state index contributed by atoms with van der Waals surface area (Å²) in [7, 11) is 0. The van der Waals surface area contributed by atoms with E-state index in [-0.39, 0.29) is 12.8 Å². The minimum atomic E-state index is 0.130. The van der Waals surface area contributed by atoms with Crippen molar-refractivity contribution in [2.75, 3.05) is 13.3 Å². The van der Waals surface area contributed by atoms with Crippen molar-refractivity contribution in [2.45, 2.75) is 32.4 Å². The Hall–Kier alpha value is -0.780. The number of halogens is 1. The number of rotatable bonds is 5. The highest BCUT2D eigenvalue weighted by Gasteiger charge is 2.21. The smallest absolute Gasteiger partial charge is 0.231 e. The van der Waals surface area contributed by atoms with Gasteiger partial charge in [0.2, 0.25) is 6.79 Å². The molecular weight excluding hydrogens is 296 g/mol. The standard InChI is InChI=1S/C13H19BrN2O2/c1-3-8(2)16-11(6-15)9-4-10(14)13-12(5-9)17-7-18-13/h4-5,8,11,16H,3,6-7,15H2,1-2H3. The Morgan fingerprint density at radius 1 is 1.44 bits per heavy atom. The number of ether oxygens (including phenoxy) is 2. The fourth-order valence-corrected chi connectivity index (χ4v) is 2.52.